The molecule has 4 atom stereocenters. The van der Waals surface area contributed by atoms with Crippen molar-refractivity contribution in [3.05, 3.63) is 71.8 Å². The molecule has 2 aliphatic rings. The monoisotopic (exact) mass is 475 g/mol. The quantitative estimate of drug-likeness (QED) is 0.448. The van der Waals surface area contributed by atoms with Crippen LogP contribution >= 0.6 is 0 Å². The average Bonchev–Trinajstić information content (AvgIpc) is 3.28. The minimum Gasteiger partial charge on any atom is -0.432 e. The zero-order valence-corrected chi connectivity index (χ0v) is 21.1. The van der Waals surface area contributed by atoms with Crippen molar-refractivity contribution in [3.8, 4) is 0 Å². The van der Waals surface area contributed by atoms with E-state index < -0.39 is 8.32 Å². The maximum absolute atomic E-state index is 13.2. The van der Waals surface area contributed by atoms with Gasteiger partial charge in [-0.25, -0.2) is 0 Å². The van der Waals surface area contributed by atoms with Crippen molar-refractivity contribution < 1.29 is 19.4 Å². The Balaban J connectivity index is 1.30. The summed E-state index contributed by atoms with van der Waals surface area (Å²) in [6.07, 6.45) is 2.33. The Morgan fingerprint density at radius 1 is 0.971 bits per heavy atom. The van der Waals surface area contributed by atoms with Gasteiger partial charge in [-0.2, -0.15) is 0 Å². The molecule has 1 saturated heterocycles. The van der Waals surface area contributed by atoms with E-state index in [1.807, 2.05) is 66.5 Å². The van der Waals surface area contributed by atoms with Crippen molar-refractivity contribution in [3.63, 3.8) is 0 Å². The molecule has 2 heterocycles. The van der Waals surface area contributed by atoms with Crippen LogP contribution < -0.4 is 4.90 Å². The smallest absolute Gasteiger partial charge is 0.263 e. The lowest BCUT2D eigenvalue weighted by atomic mass is 9.95. The Hall–Kier alpha value is -2.51. The molecule has 0 spiro atoms. The molecule has 0 bridgehead atoms. The third kappa shape index (κ3) is 3.99. The maximum Gasteiger partial charge on any atom is 0.263 e. The zero-order chi connectivity index (χ0) is 24.0. The van der Waals surface area contributed by atoms with E-state index in [4.69, 9.17) is 4.74 Å². The average molecular weight is 476 g/mol. The summed E-state index contributed by atoms with van der Waals surface area (Å²) >= 11 is 0. The van der Waals surface area contributed by atoms with E-state index in [0.717, 1.165) is 40.6 Å². The van der Waals surface area contributed by atoms with Crippen molar-refractivity contribution in [1.82, 2.24) is 0 Å². The number of benzene rings is 3. The lowest BCUT2D eigenvalue weighted by molar-refractivity contribution is 0.0192. The molecule has 0 saturated carbocycles. The first kappa shape index (κ1) is 23.2. The van der Waals surface area contributed by atoms with Crippen molar-refractivity contribution in [2.45, 2.75) is 57.0 Å². The number of aliphatic hydroxyl groups is 1. The predicted octanol–water partition coefficient (Wildman–Crippen LogP) is 5.42. The number of amides is 1. The fourth-order valence-electron chi connectivity index (χ4n) is 6.10. The van der Waals surface area contributed by atoms with Crippen LogP contribution in [-0.2, 0) is 11.2 Å². The molecule has 5 nitrogen and oxygen atoms in total. The van der Waals surface area contributed by atoms with Crippen LogP contribution in [0.25, 0.3) is 10.8 Å². The molecule has 178 valence electrons. The van der Waals surface area contributed by atoms with Crippen LogP contribution in [-0.4, -0.2) is 42.9 Å². The summed E-state index contributed by atoms with van der Waals surface area (Å²) in [6.45, 7) is 6.21. The van der Waals surface area contributed by atoms with Crippen LogP contribution in [0.5, 0.6) is 0 Å². The summed E-state index contributed by atoms with van der Waals surface area (Å²) < 4.78 is 6.32. The zero-order valence-electron chi connectivity index (χ0n) is 20.1. The van der Waals surface area contributed by atoms with Crippen LogP contribution in [0.2, 0.25) is 18.6 Å². The number of nitrogens with zero attached hydrogens (tertiary/aromatic N) is 1. The van der Waals surface area contributed by atoms with Gasteiger partial charge >= 0.3 is 0 Å². The SMILES string of the molecule is C[C@H]1[C@H]([Si](C)(C)O)[C@@H](CCO)O[C@H]1CCc1ccc(N2C(=O)c3cccc4cccc2c34)cc1. The van der Waals surface area contributed by atoms with Crippen molar-refractivity contribution in [1.29, 1.82) is 0 Å². The largest absolute Gasteiger partial charge is 0.432 e. The van der Waals surface area contributed by atoms with Gasteiger partial charge in [0.1, 0.15) is 0 Å². The van der Waals surface area contributed by atoms with E-state index in [1.54, 1.807) is 0 Å². The van der Waals surface area contributed by atoms with E-state index in [-0.39, 0.29) is 36.2 Å². The number of anilines is 2. The van der Waals surface area contributed by atoms with Crippen LogP contribution in [0, 0.1) is 5.92 Å². The lowest BCUT2D eigenvalue weighted by Gasteiger charge is -2.30. The van der Waals surface area contributed by atoms with Gasteiger partial charge in [0.25, 0.3) is 5.91 Å². The van der Waals surface area contributed by atoms with Crippen LogP contribution in [0.1, 0.15) is 35.7 Å². The van der Waals surface area contributed by atoms with Crippen molar-refractivity contribution in [2.24, 2.45) is 5.92 Å². The van der Waals surface area contributed by atoms with Gasteiger partial charge in [0.2, 0.25) is 0 Å². The number of carbonyl (C=O) groups excluding carboxylic acids is 1. The first-order chi connectivity index (χ1) is 16.3. The number of hydrogen-bond donors (Lipinski definition) is 2. The third-order valence-electron chi connectivity index (χ3n) is 7.60. The lowest BCUT2D eigenvalue weighted by Crippen LogP contribution is -2.40. The first-order valence-electron chi connectivity index (χ1n) is 12.2. The Morgan fingerprint density at radius 3 is 2.35 bits per heavy atom. The summed E-state index contributed by atoms with van der Waals surface area (Å²) in [5.41, 5.74) is 3.91. The van der Waals surface area contributed by atoms with Gasteiger partial charge in [-0.3, -0.25) is 9.69 Å². The molecule has 0 radical (unpaired) electrons. The van der Waals surface area contributed by atoms with Gasteiger partial charge in [0.05, 0.1) is 23.5 Å². The number of aryl methyl sites for hydroxylation is 1. The van der Waals surface area contributed by atoms with Gasteiger partial charge in [0, 0.05) is 23.2 Å². The first-order valence-corrected chi connectivity index (χ1v) is 15.3. The molecule has 6 heteroatoms. The van der Waals surface area contributed by atoms with Crippen LogP contribution in [0.4, 0.5) is 11.4 Å². The minimum atomic E-state index is -2.39. The molecule has 3 aromatic carbocycles. The molecular weight excluding hydrogens is 442 g/mol. The molecule has 0 unspecified atom stereocenters. The molecule has 1 amide bonds. The highest BCUT2D eigenvalue weighted by Gasteiger charge is 2.49. The van der Waals surface area contributed by atoms with E-state index in [2.05, 4.69) is 19.1 Å². The molecule has 0 aromatic heterocycles. The minimum absolute atomic E-state index is 0.0180. The summed E-state index contributed by atoms with van der Waals surface area (Å²) in [6, 6.07) is 20.2. The van der Waals surface area contributed by atoms with E-state index >= 15 is 0 Å². The van der Waals surface area contributed by atoms with Gasteiger partial charge in [-0.1, -0.05) is 43.3 Å². The van der Waals surface area contributed by atoms with E-state index in [9.17, 15) is 14.7 Å². The molecule has 3 aromatic rings. The standard InChI is InChI=1S/C28H33NO4Si/c1-18-24(33-25(16-17-30)27(18)34(2,3)32)15-12-19-10-13-21(14-11-19)29-23-9-5-7-20-6-4-8-22(26(20)23)28(29)31/h4-11,13-14,18,24-25,27,30,32H,12,15-17H2,1-3H3/t18-,24+,25-,27+/m1/s1. The van der Waals surface area contributed by atoms with Crippen molar-refractivity contribution >= 4 is 36.4 Å². The second kappa shape index (κ2) is 8.93. The fraction of sp³-hybridized carbons (Fsp3) is 0.393. The van der Waals surface area contributed by atoms with E-state index in [1.165, 1.54) is 5.56 Å². The van der Waals surface area contributed by atoms with Gasteiger partial charge in [0.15, 0.2) is 8.32 Å². The molecular formula is C28H33NO4Si. The second-order valence-electron chi connectivity index (χ2n) is 10.3. The molecule has 5 rings (SSSR count). The normalized spacial score (nSPS) is 24.4. The summed E-state index contributed by atoms with van der Waals surface area (Å²) in [5, 5.41) is 11.6. The molecule has 2 aliphatic heterocycles. The Bertz CT molecular complexity index is 1200. The second-order valence-corrected chi connectivity index (χ2v) is 14.3. The number of rotatable bonds is 7. The van der Waals surface area contributed by atoms with Gasteiger partial charge in [-0.15, -0.1) is 0 Å². The van der Waals surface area contributed by atoms with Crippen molar-refractivity contribution in [2.75, 3.05) is 11.5 Å². The number of hydrogen-bond acceptors (Lipinski definition) is 4. The topological polar surface area (TPSA) is 70.0 Å². The summed E-state index contributed by atoms with van der Waals surface area (Å²) in [5.74, 6) is 0.285. The highest BCUT2D eigenvalue weighted by molar-refractivity contribution is 6.71. The van der Waals surface area contributed by atoms with Crippen LogP contribution in [0.3, 0.4) is 0 Å². The summed E-state index contributed by atoms with van der Waals surface area (Å²) in [7, 11) is -2.39. The highest BCUT2D eigenvalue weighted by atomic mass is 28.4. The Kier molecular flexibility index (Phi) is 6.10. The third-order valence-corrected chi connectivity index (χ3v) is 10.1. The van der Waals surface area contributed by atoms with E-state index in [0.29, 0.717) is 6.42 Å². The Labute approximate surface area is 202 Å². The molecule has 0 aliphatic carbocycles. The highest BCUT2D eigenvalue weighted by Crippen LogP contribution is 2.45. The fourth-order valence-corrected chi connectivity index (χ4v) is 8.76. The molecule has 2 N–H and O–H groups in total. The van der Waals surface area contributed by atoms with Gasteiger partial charge in [-0.05, 0) is 73.5 Å². The van der Waals surface area contributed by atoms with Crippen LogP contribution in [0.15, 0.2) is 60.7 Å². The molecule has 34 heavy (non-hydrogen) atoms. The number of aliphatic hydroxyl groups excluding tert-OH is 1. The number of carbonyl (C=O) groups is 1. The Morgan fingerprint density at radius 2 is 1.68 bits per heavy atom. The number of ether oxygens (including phenoxy) is 1. The van der Waals surface area contributed by atoms with Gasteiger partial charge < -0.3 is 14.6 Å². The predicted molar refractivity (Wildman–Crippen MR) is 138 cm³/mol. The summed E-state index contributed by atoms with van der Waals surface area (Å²) in [4.78, 5) is 25.8. The molecule has 1 fully saturated rings. The maximum atomic E-state index is 13.2.